The van der Waals surface area contributed by atoms with Crippen molar-refractivity contribution >= 4 is 12.4 Å². The van der Waals surface area contributed by atoms with E-state index in [1.54, 1.807) is 6.07 Å². The van der Waals surface area contributed by atoms with E-state index in [-0.39, 0.29) is 12.4 Å². The quantitative estimate of drug-likeness (QED) is 0.884. The van der Waals surface area contributed by atoms with Crippen molar-refractivity contribution in [2.24, 2.45) is 0 Å². The molecule has 1 aliphatic heterocycles. The SMILES string of the molecule is Cl.[2H]C1([2H])Oc2ccc(C[C@H](C)NCC)cc2O1. The maximum atomic E-state index is 7.36. The van der Waals surface area contributed by atoms with Gasteiger partial charge in [0.1, 0.15) is 2.74 Å². The van der Waals surface area contributed by atoms with Crippen molar-refractivity contribution < 1.29 is 12.2 Å². The van der Waals surface area contributed by atoms with Gasteiger partial charge in [0.2, 0.25) is 6.75 Å². The summed E-state index contributed by atoms with van der Waals surface area (Å²) in [5.41, 5.74) is 1.11. The summed E-state index contributed by atoms with van der Waals surface area (Å²) in [4.78, 5) is 0. The van der Waals surface area contributed by atoms with Crippen molar-refractivity contribution in [3.8, 4) is 11.5 Å². The fourth-order valence-corrected chi connectivity index (χ4v) is 1.73. The lowest BCUT2D eigenvalue weighted by Gasteiger charge is -2.12. The van der Waals surface area contributed by atoms with Gasteiger partial charge in [-0.1, -0.05) is 13.0 Å². The molecule has 4 heteroatoms. The first-order valence-electron chi connectivity index (χ1n) is 6.24. The minimum atomic E-state index is -2.03. The number of likely N-dealkylation sites (N-methyl/N-ethyl adjacent to an activating group) is 1. The predicted octanol–water partition coefficient (Wildman–Crippen LogP) is 2.38. The molecule has 0 radical (unpaired) electrons. The largest absolute Gasteiger partial charge is 0.454 e. The van der Waals surface area contributed by atoms with Crippen LogP contribution in [-0.2, 0) is 6.42 Å². The fourth-order valence-electron chi connectivity index (χ4n) is 1.73. The lowest BCUT2D eigenvalue weighted by molar-refractivity contribution is 0.174. The molecule has 1 aliphatic rings. The van der Waals surface area contributed by atoms with Crippen LogP contribution in [0.4, 0.5) is 0 Å². The number of nitrogens with one attached hydrogen (secondary N) is 1. The van der Waals surface area contributed by atoms with E-state index in [1.165, 1.54) is 0 Å². The third-order valence-electron chi connectivity index (χ3n) is 2.41. The van der Waals surface area contributed by atoms with E-state index in [1.807, 2.05) is 12.1 Å². The van der Waals surface area contributed by atoms with Gasteiger partial charge in [-0.05, 0) is 37.6 Å². The molecule has 0 bridgehead atoms. The summed E-state index contributed by atoms with van der Waals surface area (Å²) < 4.78 is 24.8. The van der Waals surface area contributed by atoms with E-state index in [0.717, 1.165) is 18.5 Å². The minimum absolute atomic E-state index is 0. The highest BCUT2D eigenvalue weighted by Gasteiger charge is 2.13. The van der Waals surface area contributed by atoms with Gasteiger partial charge >= 0.3 is 0 Å². The Hall–Kier alpha value is -0.930. The summed E-state index contributed by atoms with van der Waals surface area (Å²) in [6, 6.07) is 5.93. The van der Waals surface area contributed by atoms with Gasteiger partial charge in [0.25, 0.3) is 0 Å². The molecule has 0 aliphatic carbocycles. The van der Waals surface area contributed by atoms with E-state index >= 15 is 0 Å². The molecule has 0 unspecified atom stereocenters. The number of rotatable bonds is 4. The van der Waals surface area contributed by atoms with Crippen LogP contribution >= 0.6 is 12.4 Å². The smallest absolute Gasteiger partial charge is 0.231 e. The zero-order valence-electron chi connectivity index (χ0n) is 11.4. The standard InChI is InChI=1S/C12H17NO2.ClH/c1-3-13-9(2)6-10-4-5-11-12(7-10)15-8-14-11;/h4-5,7,9,13H,3,6,8H2,1-2H3;1H/t9-;/m0./s1/i8D2;. The van der Waals surface area contributed by atoms with Gasteiger partial charge in [-0.15, -0.1) is 12.4 Å². The van der Waals surface area contributed by atoms with Crippen molar-refractivity contribution in [1.29, 1.82) is 0 Å². The lowest BCUT2D eigenvalue weighted by atomic mass is 10.1. The molecule has 1 N–H and O–H groups in total. The average molecular weight is 246 g/mol. The predicted molar refractivity (Wildman–Crippen MR) is 66.7 cm³/mol. The van der Waals surface area contributed by atoms with Crippen LogP contribution in [0.5, 0.6) is 11.5 Å². The van der Waals surface area contributed by atoms with Crippen molar-refractivity contribution in [1.82, 2.24) is 5.32 Å². The molecule has 1 aromatic carbocycles. The highest BCUT2D eigenvalue weighted by Crippen LogP contribution is 2.32. The molecule has 0 fully saturated rings. The molecular formula is C12H18ClNO2. The van der Waals surface area contributed by atoms with Crippen LogP contribution in [0, 0.1) is 0 Å². The Kier molecular flexibility index (Phi) is 3.82. The van der Waals surface area contributed by atoms with E-state index in [2.05, 4.69) is 19.2 Å². The molecule has 1 heterocycles. The molecule has 2 rings (SSSR count). The molecule has 0 aromatic heterocycles. The van der Waals surface area contributed by atoms with Crippen LogP contribution in [0.1, 0.15) is 22.2 Å². The molecule has 3 nitrogen and oxygen atoms in total. The molecule has 0 saturated carbocycles. The second-order valence-corrected chi connectivity index (χ2v) is 3.73. The van der Waals surface area contributed by atoms with Gasteiger partial charge in [0.05, 0.1) is 0 Å². The molecular weight excluding hydrogens is 226 g/mol. The number of fused-ring (bicyclic) bond motifs is 1. The maximum absolute atomic E-state index is 7.36. The Balaban J connectivity index is 0.00000162. The van der Waals surface area contributed by atoms with E-state index < -0.39 is 6.75 Å². The van der Waals surface area contributed by atoms with Crippen molar-refractivity contribution in [2.75, 3.05) is 13.3 Å². The van der Waals surface area contributed by atoms with Crippen LogP contribution < -0.4 is 14.8 Å². The van der Waals surface area contributed by atoms with Crippen molar-refractivity contribution in [3.63, 3.8) is 0 Å². The third kappa shape index (κ3) is 3.03. The van der Waals surface area contributed by atoms with Gasteiger partial charge in [-0.3, -0.25) is 0 Å². The second kappa shape index (κ2) is 5.97. The molecule has 1 atom stereocenters. The molecule has 90 valence electrons. The summed E-state index contributed by atoms with van der Waals surface area (Å²) in [5, 5.41) is 3.33. The highest BCUT2D eigenvalue weighted by molar-refractivity contribution is 5.85. The molecule has 0 amide bonds. The van der Waals surface area contributed by atoms with Gasteiger partial charge in [0.15, 0.2) is 11.5 Å². The number of ether oxygens (including phenoxy) is 2. The van der Waals surface area contributed by atoms with E-state index in [4.69, 9.17) is 12.2 Å². The lowest BCUT2D eigenvalue weighted by Crippen LogP contribution is -2.27. The fraction of sp³-hybridized carbons (Fsp3) is 0.500. The number of benzene rings is 1. The third-order valence-corrected chi connectivity index (χ3v) is 2.41. The Morgan fingerprint density at radius 3 is 2.94 bits per heavy atom. The van der Waals surface area contributed by atoms with E-state index in [9.17, 15) is 0 Å². The first-order chi connectivity index (χ1) is 8.00. The number of hydrogen-bond donors (Lipinski definition) is 1. The highest BCUT2D eigenvalue weighted by atomic mass is 35.5. The molecule has 0 spiro atoms. The first-order valence-corrected chi connectivity index (χ1v) is 5.24. The number of hydrogen-bond acceptors (Lipinski definition) is 3. The van der Waals surface area contributed by atoms with Crippen LogP contribution in [0.2, 0.25) is 0 Å². The minimum Gasteiger partial charge on any atom is -0.454 e. The first kappa shape index (κ1) is 10.2. The summed E-state index contributed by atoms with van der Waals surface area (Å²) in [7, 11) is 0. The normalized spacial score (nSPS) is 19.4. The van der Waals surface area contributed by atoms with Crippen LogP contribution in [0.3, 0.4) is 0 Å². The summed E-state index contributed by atoms with van der Waals surface area (Å²) >= 11 is 0. The zero-order chi connectivity index (χ0) is 12.5. The van der Waals surface area contributed by atoms with Crippen LogP contribution in [-0.4, -0.2) is 19.3 Å². The van der Waals surface area contributed by atoms with Crippen molar-refractivity contribution in [2.45, 2.75) is 26.3 Å². The zero-order valence-corrected chi connectivity index (χ0v) is 10.3. The Morgan fingerprint density at radius 2 is 2.19 bits per heavy atom. The van der Waals surface area contributed by atoms with Crippen LogP contribution in [0.25, 0.3) is 0 Å². The average Bonchev–Trinajstić information content (AvgIpc) is 2.51. The molecule has 16 heavy (non-hydrogen) atoms. The van der Waals surface area contributed by atoms with Crippen molar-refractivity contribution in [3.05, 3.63) is 23.8 Å². The summed E-state index contributed by atoms with van der Waals surface area (Å²) in [6.07, 6.45) is 0.882. The Morgan fingerprint density at radius 1 is 1.44 bits per heavy atom. The Bertz CT molecular complexity index is 415. The van der Waals surface area contributed by atoms with Gasteiger partial charge in [0, 0.05) is 6.04 Å². The summed E-state index contributed by atoms with van der Waals surface area (Å²) in [5.74, 6) is 0.950. The molecule has 0 saturated heterocycles. The Labute approximate surface area is 105 Å². The topological polar surface area (TPSA) is 30.5 Å². The number of halogens is 1. The monoisotopic (exact) mass is 245 g/mol. The van der Waals surface area contributed by atoms with Crippen LogP contribution in [0.15, 0.2) is 18.2 Å². The van der Waals surface area contributed by atoms with Gasteiger partial charge in [-0.25, -0.2) is 0 Å². The van der Waals surface area contributed by atoms with Gasteiger partial charge < -0.3 is 14.8 Å². The van der Waals surface area contributed by atoms with E-state index in [0.29, 0.717) is 17.5 Å². The summed E-state index contributed by atoms with van der Waals surface area (Å²) in [6.45, 7) is 3.10. The van der Waals surface area contributed by atoms with Gasteiger partial charge in [-0.2, -0.15) is 0 Å². The molecule has 1 aromatic rings. The maximum Gasteiger partial charge on any atom is 0.231 e. The second-order valence-electron chi connectivity index (χ2n) is 3.73.